The van der Waals surface area contributed by atoms with Gasteiger partial charge in [-0.15, -0.1) is 0 Å². The summed E-state index contributed by atoms with van der Waals surface area (Å²) in [5, 5.41) is 8.28. The Bertz CT molecular complexity index is 982. The van der Waals surface area contributed by atoms with Gasteiger partial charge in [0.2, 0.25) is 0 Å². The second-order valence-electron chi connectivity index (χ2n) is 6.85. The van der Waals surface area contributed by atoms with Crippen molar-refractivity contribution in [2.45, 2.75) is 26.3 Å². The van der Waals surface area contributed by atoms with Crippen molar-refractivity contribution >= 4 is 17.5 Å². The zero-order valence-corrected chi connectivity index (χ0v) is 16.5. The number of aromatic amines is 1. The van der Waals surface area contributed by atoms with Gasteiger partial charge in [-0.2, -0.15) is 5.10 Å². The van der Waals surface area contributed by atoms with E-state index in [0.717, 1.165) is 46.7 Å². The third kappa shape index (κ3) is 3.76. The van der Waals surface area contributed by atoms with Gasteiger partial charge in [0.15, 0.2) is 6.61 Å². The van der Waals surface area contributed by atoms with E-state index in [-0.39, 0.29) is 12.5 Å². The van der Waals surface area contributed by atoms with Crippen LogP contribution < -0.4 is 4.74 Å². The van der Waals surface area contributed by atoms with E-state index in [1.807, 2.05) is 53.4 Å². The highest BCUT2D eigenvalue weighted by Crippen LogP contribution is 2.29. The molecule has 0 unspecified atom stereocenters. The highest BCUT2D eigenvalue weighted by Gasteiger charge is 2.26. The van der Waals surface area contributed by atoms with Crippen LogP contribution in [0.1, 0.15) is 23.7 Å². The summed E-state index contributed by atoms with van der Waals surface area (Å²) >= 11 is 5.99. The molecule has 0 saturated heterocycles. The fourth-order valence-electron chi connectivity index (χ4n) is 3.52. The van der Waals surface area contributed by atoms with Crippen molar-refractivity contribution in [3.8, 4) is 17.0 Å². The Labute approximate surface area is 169 Å². The van der Waals surface area contributed by atoms with E-state index >= 15 is 0 Å². The predicted octanol–water partition coefficient (Wildman–Crippen LogP) is 4.26. The van der Waals surface area contributed by atoms with Crippen molar-refractivity contribution in [2.24, 2.45) is 0 Å². The van der Waals surface area contributed by atoms with Crippen molar-refractivity contribution in [3.63, 3.8) is 0 Å². The minimum atomic E-state index is -0.0141. The van der Waals surface area contributed by atoms with Crippen LogP contribution in [-0.4, -0.2) is 34.2 Å². The molecule has 1 N–H and O–H groups in total. The number of aryl methyl sites for hydroxylation is 1. The zero-order valence-electron chi connectivity index (χ0n) is 15.7. The molecule has 1 amide bonds. The maximum Gasteiger partial charge on any atom is 0.260 e. The van der Waals surface area contributed by atoms with Crippen molar-refractivity contribution in [3.05, 3.63) is 70.4 Å². The number of amides is 1. The lowest BCUT2D eigenvalue weighted by Gasteiger charge is -2.27. The molecular weight excluding hydrogens is 374 g/mol. The summed E-state index contributed by atoms with van der Waals surface area (Å²) in [5.41, 5.74) is 5.13. The molecule has 4 rings (SSSR count). The fraction of sp³-hybridized carbons (Fsp3) is 0.273. The molecule has 1 aromatic heterocycles. The Kier molecular flexibility index (Phi) is 5.35. The van der Waals surface area contributed by atoms with Crippen molar-refractivity contribution < 1.29 is 9.53 Å². The molecule has 5 nitrogen and oxygen atoms in total. The Morgan fingerprint density at radius 1 is 1.21 bits per heavy atom. The molecule has 6 heteroatoms. The molecule has 2 aromatic carbocycles. The maximum atomic E-state index is 12.7. The Balaban J connectivity index is 1.47. The number of H-pyrrole nitrogens is 1. The molecule has 144 valence electrons. The topological polar surface area (TPSA) is 58.2 Å². The molecule has 3 aromatic rings. The Hall–Kier alpha value is -2.79. The van der Waals surface area contributed by atoms with E-state index < -0.39 is 0 Å². The van der Waals surface area contributed by atoms with Crippen LogP contribution in [0.3, 0.4) is 0 Å². The number of carbonyl (C=O) groups excluding carboxylic acids is 1. The average molecular weight is 396 g/mol. The van der Waals surface area contributed by atoms with Gasteiger partial charge in [-0.05, 0) is 30.2 Å². The van der Waals surface area contributed by atoms with E-state index in [4.69, 9.17) is 16.3 Å². The molecule has 0 saturated carbocycles. The molecule has 0 spiro atoms. The number of aromatic nitrogens is 2. The van der Waals surface area contributed by atoms with Gasteiger partial charge in [0, 0.05) is 41.4 Å². The van der Waals surface area contributed by atoms with Gasteiger partial charge >= 0.3 is 0 Å². The number of carbonyl (C=O) groups is 1. The Morgan fingerprint density at radius 2 is 2.00 bits per heavy atom. The van der Waals surface area contributed by atoms with Crippen LogP contribution in [-0.2, 0) is 24.2 Å². The normalized spacial score (nSPS) is 13.3. The molecule has 2 heterocycles. The Morgan fingerprint density at radius 3 is 2.79 bits per heavy atom. The van der Waals surface area contributed by atoms with E-state index in [1.54, 1.807) is 0 Å². The predicted molar refractivity (Wildman–Crippen MR) is 109 cm³/mol. The van der Waals surface area contributed by atoms with Gasteiger partial charge in [-0.3, -0.25) is 9.89 Å². The molecular formula is C22H22ClN3O2. The molecule has 0 fully saturated rings. The maximum absolute atomic E-state index is 12.7. The van der Waals surface area contributed by atoms with Crippen LogP contribution in [0.5, 0.6) is 5.75 Å². The van der Waals surface area contributed by atoms with Gasteiger partial charge in [0.05, 0.1) is 5.69 Å². The van der Waals surface area contributed by atoms with E-state index in [0.29, 0.717) is 18.1 Å². The van der Waals surface area contributed by atoms with E-state index in [9.17, 15) is 4.79 Å². The van der Waals surface area contributed by atoms with Crippen LogP contribution in [0.25, 0.3) is 11.3 Å². The van der Waals surface area contributed by atoms with Crippen LogP contribution in [0.2, 0.25) is 5.02 Å². The van der Waals surface area contributed by atoms with Crippen LogP contribution >= 0.6 is 11.6 Å². The lowest BCUT2D eigenvalue weighted by Crippen LogP contribution is -2.38. The monoisotopic (exact) mass is 395 g/mol. The van der Waals surface area contributed by atoms with Crippen LogP contribution in [0, 0.1) is 0 Å². The lowest BCUT2D eigenvalue weighted by molar-refractivity contribution is -0.134. The number of benzene rings is 2. The highest BCUT2D eigenvalue weighted by molar-refractivity contribution is 6.30. The minimum absolute atomic E-state index is 0.0141. The van der Waals surface area contributed by atoms with Gasteiger partial charge in [-0.1, -0.05) is 48.9 Å². The molecule has 0 atom stereocenters. The first-order chi connectivity index (χ1) is 13.7. The van der Waals surface area contributed by atoms with Crippen LogP contribution in [0.15, 0.2) is 48.5 Å². The van der Waals surface area contributed by atoms with Crippen molar-refractivity contribution in [2.75, 3.05) is 13.2 Å². The first-order valence-corrected chi connectivity index (χ1v) is 9.84. The zero-order chi connectivity index (χ0) is 19.5. The number of hydrogen-bond donors (Lipinski definition) is 1. The molecule has 0 aliphatic carbocycles. The number of para-hydroxylation sites is 1. The van der Waals surface area contributed by atoms with Gasteiger partial charge in [0.25, 0.3) is 5.91 Å². The van der Waals surface area contributed by atoms with Crippen molar-refractivity contribution in [1.82, 2.24) is 15.1 Å². The highest BCUT2D eigenvalue weighted by atomic mass is 35.5. The molecule has 28 heavy (non-hydrogen) atoms. The fourth-order valence-corrected chi connectivity index (χ4v) is 3.65. The summed E-state index contributed by atoms with van der Waals surface area (Å²) in [6.07, 6.45) is 1.63. The number of fused-ring (bicyclic) bond motifs is 1. The second-order valence-corrected chi connectivity index (χ2v) is 7.29. The largest absolute Gasteiger partial charge is 0.483 e. The molecule has 1 aliphatic rings. The van der Waals surface area contributed by atoms with Gasteiger partial charge < -0.3 is 9.64 Å². The first-order valence-electron chi connectivity index (χ1n) is 9.46. The summed E-state index contributed by atoms with van der Waals surface area (Å²) in [6, 6.07) is 15.4. The standard InChI is InChI=1S/C22H22ClN3O2/c1-2-15-5-3-4-6-20(15)28-14-21(27)26-12-11-19-18(13-26)22(25-24-19)16-7-9-17(23)10-8-16/h3-10H,2,11-14H2,1H3,(H,24,25). The quantitative estimate of drug-likeness (QED) is 0.702. The lowest BCUT2D eigenvalue weighted by atomic mass is 10.0. The van der Waals surface area contributed by atoms with Gasteiger partial charge in [-0.25, -0.2) is 0 Å². The average Bonchev–Trinajstić information content (AvgIpc) is 3.16. The third-order valence-corrected chi connectivity index (χ3v) is 5.36. The smallest absolute Gasteiger partial charge is 0.260 e. The summed E-state index contributed by atoms with van der Waals surface area (Å²) in [5.74, 6) is 0.765. The molecule has 0 radical (unpaired) electrons. The number of ether oxygens (including phenoxy) is 1. The summed E-state index contributed by atoms with van der Waals surface area (Å²) < 4.78 is 5.81. The third-order valence-electron chi connectivity index (χ3n) is 5.11. The number of nitrogens with one attached hydrogen (secondary N) is 1. The summed E-state index contributed by atoms with van der Waals surface area (Å²) in [7, 11) is 0. The minimum Gasteiger partial charge on any atom is -0.483 e. The van der Waals surface area contributed by atoms with Crippen LogP contribution in [0.4, 0.5) is 0 Å². The van der Waals surface area contributed by atoms with E-state index in [2.05, 4.69) is 17.1 Å². The molecule has 1 aliphatic heterocycles. The second kappa shape index (κ2) is 8.07. The molecule has 0 bridgehead atoms. The van der Waals surface area contributed by atoms with E-state index in [1.165, 1.54) is 0 Å². The number of nitrogens with zero attached hydrogens (tertiary/aromatic N) is 2. The van der Waals surface area contributed by atoms with Gasteiger partial charge in [0.1, 0.15) is 5.75 Å². The number of rotatable bonds is 5. The number of halogens is 1. The summed E-state index contributed by atoms with van der Waals surface area (Å²) in [4.78, 5) is 14.6. The van der Waals surface area contributed by atoms with Crippen molar-refractivity contribution in [1.29, 1.82) is 0 Å². The number of hydrogen-bond acceptors (Lipinski definition) is 3. The SMILES string of the molecule is CCc1ccccc1OCC(=O)N1CCc2[nH]nc(-c3ccc(Cl)cc3)c2C1. The summed E-state index contributed by atoms with van der Waals surface area (Å²) in [6.45, 7) is 3.31. The first kappa shape index (κ1) is 18.6.